The first-order chi connectivity index (χ1) is 9.58. The molecule has 4 nitrogen and oxygen atoms in total. The van der Waals surface area contributed by atoms with Gasteiger partial charge in [0, 0.05) is 30.0 Å². The summed E-state index contributed by atoms with van der Waals surface area (Å²) in [7, 11) is 1.54. The number of amides is 2. The zero-order valence-corrected chi connectivity index (χ0v) is 12.9. The zero-order chi connectivity index (χ0) is 14.3. The first-order valence-corrected chi connectivity index (χ1v) is 7.65. The van der Waals surface area contributed by atoms with Crippen LogP contribution >= 0.6 is 15.9 Å². The van der Waals surface area contributed by atoms with Crippen LogP contribution in [0.2, 0.25) is 0 Å². The van der Waals surface area contributed by atoms with Gasteiger partial charge in [-0.15, -0.1) is 0 Å². The Morgan fingerprint density at radius 2 is 2.20 bits per heavy atom. The Hall–Kier alpha value is -1.20. The summed E-state index contributed by atoms with van der Waals surface area (Å²) in [5.41, 5.74) is 2.55. The average Bonchev–Trinajstić information content (AvgIpc) is 2.98. The lowest BCUT2D eigenvalue weighted by atomic mass is 9.92. The predicted octanol–water partition coefficient (Wildman–Crippen LogP) is 2.31. The maximum atomic E-state index is 12.2. The van der Waals surface area contributed by atoms with Gasteiger partial charge < -0.3 is 4.74 Å². The molecule has 2 unspecified atom stereocenters. The van der Waals surface area contributed by atoms with Crippen molar-refractivity contribution in [2.45, 2.75) is 17.7 Å². The Bertz CT molecular complexity index is 566. The molecule has 1 aromatic carbocycles. The molecule has 1 saturated heterocycles. The lowest BCUT2D eigenvalue weighted by Gasteiger charge is -2.25. The van der Waals surface area contributed by atoms with Crippen LogP contribution < -0.4 is 0 Å². The summed E-state index contributed by atoms with van der Waals surface area (Å²) in [5, 5.41) is 0. The van der Waals surface area contributed by atoms with Crippen molar-refractivity contribution in [2.75, 3.05) is 20.3 Å². The van der Waals surface area contributed by atoms with Crippen molar-refractivity contribution in [1.29, 1.82) is 0 Å². The van der Waals surface area contributed by atoms with E-state index in [1.165, 1.54) is 11.9 Å². The SMILES string of the molecule is CN1C(=O)Cc2ccc(C(Br)C3CCOC3)cc2C1=O. The number of halogens is 1. The van der Waals surface area contributed by atoms with E-state index in [4.69, 9.17) is 4.74 Å². The fourth-order valence-corrected chi connectivity index (χ4v) is 3.45. The third kappa shape index (κ3) is 2.29. The molecule has 2 atom stereocenters. The van der Waals surface area contributed by atoms with Crippen molar-refractivity contribution in [3.05, 3.63) is 34.9 Å². The highest BCUT2D eigenvalue weighted by atomic mass is 79.9. The molecule has 0 bridgehead atoms. The lowest BCUT2D eigenvalue weighted by molar-refractivity contribution is -0.127. The second kappa shape index (κ2) is 5.30. The number of hydrogen-bond acceptors (Lipinski definition) is 3. The number of ether oxygens (including phenoxy) is 1. The second-order valence-corrected chi connectivity index (χ2v) is 6.36. The Morgan fingerprint density at radius 1 is 1.40 bits per heavy atom. The Morgan fingerprint density at radius 3 is 2.90 bits per heavy atom. The molecule has 0 spiro atoms. The molecule has 0 aliphatic carbocycles. The van der Waals surface area contributed by atoms with Crippen LogP contribution in [-0.2, 0) is 16.0 Å². The van der Waals surface area contributed by atoms with E-state index < -0.39 is 0 Å². The fraction of sp³-hybridized carbons (Fsp3) is 0.467. The predicted molar refractivity (Wildman–Crippen MR) is 77.8 cm³/mol. The Balaban J connectivity index is 1.92. The van der Waals surface area contributed by atoms with Gasteiger partial charge in [-0.3, -0.25) is 14.5 Å². The molecule has 2 aliphatic rings. The molecule has 2 heterocycles. The molecule has 0 radical (unpaired) electrons. The van der Waals surface area contributed by atoms with Crippen LogP contribution in [0.1, 0.15) is 32.7 Å². The highest BCUT2D eigenvalue weighted by Gasteiger charge is 2.30. The molecule has 106 valence electrons. The van der Waals surface area contributed by atoms with Gasteiger partial charge in [-0.2, -0.15) is 0 Å². The molecule has 2 amide bonds. The molecule has 2 aliphatic heterocycles. The van der Waals surface area contributed by atoms with E-state index in [1.54, 1.807) is 0 Å². The van der Waals surface area contributed by atoms with E-state index in [1.807, 2.05) is 18.2 Å². The number of imide groups is 1. The summed E-state index contributed by atoms with van der Waals surface area (Å²) < 4.78 is 5.41. The smallest absolute Gasteiger partial charge is 0.260 e. The van der Waals surface area contributed by atoms with Crippen LogP contribution in [0, 0.1) is 5.92 Å². The summed E-state index contributed by atoms with van der Waals surface area (Å²) in [4.78, 5) is 25.3. The van der Waals surface area contributed by atoms with E-state index >= 15 is 0 Å². The fourth-order valence-electron chi connectivity index (χ4n) is 2.75. The summed E-state index contributed by atoms with van der Waals surface area (Å²) in [6.45, 7) is 1.55. The van der Waals surface area contributed by atoms with E-state index in [0.29, 0.717) is 17.9 Å². The van der Waals surface area contributed by atoms with E-state index in [0.717, 1.165) is 30.8 Å². The van der Waals surface area contributed by atoms with Gasteiger partial charge in [0.2, 0.25) is 5.91 Å². The number of alkyl halides is 1. The molecule has 1 aromatic rings. The number of hydrogen-bond donors (Lipinski definition) is 0. The first-order valence-electron chi connectivity index (χ1n) is 6.73. The molecular formula is C15H16BrNO3. The van der Waals surface area contributed by atoms with Crippen LogP contribution in [0.15, 0.2) is 18.2 Å². The lowest BCUT2D eigenvalue weighted by Crippen LogP contribution is -2.39. The maximum absolute atomic E-state index is 12.2. The van der Waals surface area contributed by atoms with Crippen LogP contribution in [0.3, 0.4) is 0 Å². The molecule has 20 heavy (non-hydrogen) atoms. The summed E-state index contributed by atoms with van der Waals surface area (Å²) in [5.74, 6) is 0.0846. The molecule has 0 N–H and O–H groups in total. The van der Waals surface area contributed by atoms with Crippen molar-refractivity contribution in [3.63, 3.8) is 0 Å². The number of rotatable bonds is 2. The van der Waals surface area contributed by atoms with Gasteiger partial charge in [-0.25, -0.2) is 0 Å². The van der Waals surface area contributed by atoms with Crippen molar-refractivity contribution >= 4 is 27.7 Å². The number of fused-ring (bicyclic) bond motifs is 1. The second-order valence-electron chi connectivity index (χ2n) is 5.38. The van der Waals surface area contributed by atoms with Gasteiger partial charge >= 0.3 is 0 Å². The first kappa shape index (κ1) is 13.8. The molecule has 0 saturated carbocycles. The maximum Gasteiger partial charge on any atom is 0.260 e. The monoisotopic (exact) mass is 337 g/mol. The molecule has 5 heteroatoms. The van der Waals surface area contributed by atoms with Crippen LogP contribution in [0.25, 0.3) is 0 Å². The van der Waals surface area contributed by atoms with Gasteiger partial charge in [0.15, 0.2) is 0 Å². The van der Waals surface area contributed by atoms with Crippen molar-refractivity contribution in [1.82, 2.24) is 4.90 Å². The van der Waals surface area contributed by atoms with Crippen molar-refractivity contribution in [3.8, 4) is 0 Å². The highest BCUT2D eigenvalue weighted by Crippen LogP contribution is 2.37. The third-order valence-electron chi connectivity index (χ3n) is 4.08. The number of likely N-dealkylation sites (N-methyl/N-ethyl adjacent to an activating group) is 1. The Kier molecular flexibility index (Phi) is 3.65. The van der Waals surface area contributed by atoms with Crippen LogP contribution in [-0.4, -0.2) is 37.0 Å². The van der Waals surface area contributed by atoms with Crippen molar-refractivity contribution < 1.29 is 14.3 Å². The van der Waals surface area contributed by atoms with Gasteiger partial charge in [0.05, 0.1) is 13.0 Å². The number of carbonyl (C=O) groups excluding carboxylic acids is 2. The Labute approximate surface area is 126 Å². The van der Waals surface area contributed by atoms with E-state index in [2.05, 4.69) is 15.9 Å². The van der Waals surface area contributed by atoms with E-state index in [9.17, 15) is 9.59 Å². The standard InChI is InChI=1S/C15H16BrNO3/c1-17-13(18)7-9-2-3-10(6-12(9)15(17)19)14(16)11-4-5-20-8-11/h2-3,6,11,14H,4-5,7-8H2,1H3. The normalized spacial score (nSPS) is 23.9. The molecule has 0 aromatic heterocycles. The van der Waals surface area contributed by atoms with Gasteiger partial charge in [-0.1, -0.05) is 28.1 Å². The minimum Gasteiger partial charge on any atom is -0.381 e. The summed E-state index contributed by atoms with van der Waals surface area (Å²) >= 11 is 3.72. The van der Waals surface area contributed by atoms with Crippen LogP contribution in [0.4, 0.5) is 0 Å². The minimum absolute atomic E-state index is 0.144. The number of benzene rings is 1. The zero-order valence-electron chi connectivity index (χ0n) is 11.3. The van der Waals surface area contributed by atoms with Crippen molar-refractivity contribution in [2.24, 2.45) is 5.92 Å². The largest absolute Gasteiger partial charge is 0.381 e. The number of nitrogens with zero attached hydrogens (tertiary/aromatic N) is 1. The molecule has 1 fully saturated rings. The average molecular weight is 338 g/mol. The molecular weight excluding hydrogens is 322 g/mol. The summed E-state index contributed by atoms with van der Waals surface area (Å²) in [6, 6.07) is 5.82. The number of carbonyl (C=O) groups is 2. The summed E-state index contributed by atoms with van der Waals surface area (Å²) in [6.07, 6.45) is 1.33. The topological polar surface area (TPSA) is 46.6 Å². The van der Waals surface area contributed by atoms with Gasteiger partial charge in [-0.05, 0) is 23.6 Å². The minimum atomic E-state index is -0.208. The molecule has 3 rings (SSSR count). The third-order valence-corrected chi connectivity index (χ3v) is 5.36. The van der Waals surface area contributed by atoms with Gasteiger partial charge in [0.1, 0.15) is 0 Å². The van der Waals surface area contributed by atoms with E-state index in [-0.39, 0.29) is 16.6 Å². The van der Waals surface area contributed by atoms with Gasteiger partial charge in [0.25, 0.3) is 5.91 Å². The van der Waals surface area contributed by atoms with Crippen LogP contribution in [0.5, 0.6) is 0 Å². The quantitative estimate of drug-likeness (QED) is 0.614. The highest BCUT2D eigenvalue weighted by molar-refractivity contribution is 9.09.